The third-order valence-electron chi connectivity index (χ3n) is 3.27. The van der Waals surface area contributed by atoms with Crippen LogP contribution < -0.4 is 5.32 Å². The van der Waals surface area contributed by atoms with Crippen LogP contribution in [0.3, 0.4) is 0 Å². The highest BCUT2D eigenvalue weighted by Crippen LogP contribution is 2.25. The fourth-order valence-corrected chi connectivity index (χ4v) is 2.72. The highest BCUT2D eigenvalue weighted by Gasteiger charge is 2.33. The van der Waals surface area contributed by atoms with Gasteiger partial charge in [0.1, 0.15) is 6.10 Å². The average molecular weight is 247 g/mol. The van der Waals surface area contributed by atoms with Crippen LogP contribution in [0.15, 0.2) is 30.3 Å². The van der Waals surface area contributed by atoms with Crippen molar-refractivity contribution >= 4 is 5.97 Å². The molecule has 2 rings (SSSR count). The molecule has 98 valence electrons. The van der Waals surface area contributed by atoms with Crippen LogP contribution in [0.2, 0.25) is 0 Å². The number of nitrogens with one attached hydrogen (secondary N) is 1. The molecular formula is C15H21NO2. The molecule has 1 aliphatic rings. The van der Waals surface area contributed by atoms with Crippen LogP contribution in [0.5, 0.6) is 0 Å². The smallest absolute Gasteiger partial charge is 0.338 e. The van der Waals surface area contributed by atoms with Gasteiger partial charge in [0.2, 0.25) is 0 Å². The Morgan fingerprint density at radius 1 is 1.33 bits per heavy atom. The van der Waals surface area contributed by atoms with E-state index in [2.05, 4.69) is 26.1 Å². The van der Waals surface area contributed by atoms with E-state index in [0.29, 0.717) is 11.6 Å². The molecular weight excluding hydrogens is 226 g/mol. The number of carbonyl (C=O) groups excluding carboxylic acids is 1. The van der Waals surface area contributed by atoms with Crippen molar-refractivity contribution in [2.45, 2.75) is 51.3 Å². The maximum Gasteiger partial charge on any atom is 0.338 e. The highest BCUT2D eigenvalue weighted by atomic mass is 16.5. The predicted molar refractivity (Wildman–Crippen MR) is 71.6 cm³/mol. The number of esters is 1. The minimum absolute atomic E-state index is 0.00366. The zero-order valence-corrected chi connectivity index (χ0v) is 11.3. The first kappa shape index (κ1) is 13.1. The summed E-state index contributed by atoms with van der Waals surface area (Å²) >= 11 is 0. The number of carbonyl (C=O) groups is 1. The normalized spacial score (nSPS) is 26.6. The van der Waals surface area contributed by atoms with Crippen molar-refractivity contribution in [2.75, 3.05) is 0 Å². The molecule has 1 fully saturated rings. The molecule has 3 heteroatoms. The zero-order chi connectivity index (χ0) is 13.2. The molecule has 1 aromatic carbocycles. The fraction of sp³-hybridized carbons (Fsp3) is 0.533. The van der Waals surface area contributed by atoms with Crippen molar-refractivity contribution in [3.8, 4) is 0 Å². The van der Waals surface area contributed by atoms with Gasteiger partial charge in [-0.1, -0.05) is 18.2 Å². The van der Waals surface area contributed by atoms with Crippen LogP contribution in [-0.4, -0.2) is 23.7 Å². The van der Waals surface area contributed by atoms with Crippen molar-refractivity contribution in [3.05, 3.63) is 35.9 Å². The Balaban J connectivity index is 1.99. The molecule has 2 atom stereocenters. The van der Waals surface area contributed by atoms with Gasteiger partial charge < -0.3 is 10.1 Å². The second-order valence-electron chi connectivity index (χ2n) is 5.76. The van der Waals surface area contributed by atoms with Gasteiger partial charge in [0, 0.05) is 18.0 Å². The van der Waals surface area contributed by atoms with Gasteiger partial charge in [-0.15, -0.1) is 0 Å². The van der Waals surface area contributed by atoms with E-state index in [1.807, 2.05) is 18.2 Å². The van der Waals surface area contributed by atoms with Crippen LogP contribution in [-0.2, 0) is 4.74 Å². The molecule has 0 saturated carbocycles. The summed E-state index contributed by atoms with van der Waals surface area (Å²) in [5.41, 5.74) is 0.653. The molecule has 1 N–H and O–H groups in total. The van der Waals surface area contributed by atoms with Crippen molar-refractivity contribution in [1.82, 2.24) is 5.32 Å². The summed E-state index contributed by atoms with van der Waals surface area (Å²) in [6.45, 7) is 6.42. The minimum Gasteiger partial charge on any atom is -0.459 e. The molecule has 18 heavy (non-hydrogen) atoms. The highest BCUT2D eigenvalue weighted by molar-refractivity contribution is 5.89. The molecule has 0 aliphatic carbocycles. The van der Waals surface area contributed by atoms with E-state index in [0.717, 1.165) is 12.8 Å². The number of hydrogen-bond acceptors (Lipinski definition) is 3. The van der Waals surface area contributed by atoms with Crippen LogP contribution in [0.4, 0.5) is 0 Å². The monoisotopic (exact) mass is 247 g/mol. The summed E-state index contributed by atoms with van der Waals surface area (Å²) in [5, 5.41) is 3.51. The van der Waals surface area contributed by atoms with E-state index in [1.165, 1.54) is 0 Å². The van der Waals surface area contributed by atoms with E-state index < -0.39 is 0 Å². The van der Waals surface area contributed by atoms with Crippen molar-refractivity contribution in [3.63, 3.8) is 0 Å². The first-order valence-electron chi connectivity index (χ1n) is 6.50. The van der Waals surface area contributed by atoms with E-state index >= 15 is 0 Å². The second kappa shape index (κ2) is 5.11. The van der Waals surface area contributed by atoms with Gasteiger partial charge >= 0.3 is 5.97 Å². The average Bonchev–Trinajstić information content (AvgIpc) is 2.27. The number of ether oxygens (including phenoxy) is 1. The third-order valence-corrected chi connectivity index (χ3v) is 3.27. The van der Waals surface area contributed by atoms with E-state index in [-0.39, 0.29) is 17.6 Å². The third kappa shape index (κ3) is 3.33. The number of benzene rings is 1. The minimum atomic E-state index is -0.217. The summed E-state index contributed by atoms with van der Waals surface area (Å²) in [4.78, 5) is 12.0. The quantitative estimate of drug-likeness (QED) is 0.817. The lowest BCUT2D eigenvalue weighted by molar-refractivity contribution is 0.00587. The van der Waals surface area contributed by atoms with Gasteiger partial charge in [-0.3, -0.25) is 0 Å². The molecule has 1 aromatic rings. The van der Waals surface area contributed by atoms with E-state index in [4.69, 9.17) is 4.74 Å². The molecule has 0 unspecified atom stereocenters. The molecule has 0 bridgehead atoms. The molecule has 0 amide bonds. The molecule has 0 spiro atoms. The van der Waals surface area contributed by atoms with Crippen LogP contribution >= 0.6 is 0 Å². The van der Waals surface area contributed by atoms with Crippen molar-refractivity contribution in [2.24, 2.45) is 0 Å². The van der Waals surface area contributed by atoms with Gasteiger partial charge in [0.15, 0.2) is 0 Å². The summed E-state index contributed by atoms with van der Waals surface area (Å²) in [6.07, 6.45) is 1.74. The van der Waals surface area contributed by atoms with Crippen LogP contribution in [0.25, 0.3) is 0 Å². The Kier molecular flexibility index (Phi) is 3.71. The van der Waals surface area contributed by atoms with Crippen LogP contribution in [0, 0.1) is 0 Å². The predicted octanol–water partition coefficient (Wildman–Crippen LogP) is 2.76. The first-order valence-corrected chi connectivity index (χ1v) is 6.50. The number of rotatable bonds is 2. The Morgan fingerprint density at radius 3 is 2.61 bits per heavy atom. The Morgan fingerprint density at radius 2 is 2.00 bits per heavy atom. The lowest BCUT2D eigenvalue weighted by Gasteiger charge is -2.39. The maximum absolute atomic E-state index is 12.0. The zero-order valence-electron chi connectivity index (χ0n) is 11.3. The molecule has 0 aromatic heterocycles. The van der Waals surface area contributed by atoms with Crippen molar-refractivity contribution in [1.29, 1.82) is 0 Å². The molecule has 3 nitrogen and oxygen atoms in total. The molecule has 1 aliphatic heterocycles. The van der Waals surface area contributed by atoms with Gasteiger partial charge in [-0.2, -0.15) is 0 Å². The number of piperidine rings is 1. The second-order valence-corrected chi connectivity index (χ2v) is 5.76. The van der Waals surface area contributed by atoms with Crippen LogP contribution in [0.1, 0.15) is 44.0 Å². The lowest BCUT2D eigenvalue weighted by atomic mass is 9.87. The molecule has 1 saturated heterocycles. The summed E-state index contributed by atoms with van der Waals surface area (Å²) in [6, 6.07) is 9.56. The van der Waals surface area contributed by atoms with E-state index in [9.17, 15) is 4.79 Å². The van der Waals surface area contributed by atoms with Crippen molar-refractivity contribution < 1.29 is 9.53 Å². The SMILES string of the molecule is C[C@@H]1C[C@@H](OC(=O)c2ccccc2)CC(C)(C)N1. The van der Waals surface area contributed by atoms with Gasteiger partial charge in [-0.25, -0.2) is 4.79 Å². The van der Waals surface area contributed by atoms with Gasteiger partial charge in [-0.05, 0) is 39.3 Å². The number of hydrogen-bond donors (Lipinski definition) is 1. The first-order chi connectivity index (χ1) is 8.46. The molecule has 1 heterocycles. The topological polar surface area (TPSA) is 38.3 Å². The maximum atomic E-state index is 12.0. The summed E-state index contributed by atoms with van der Waals surface area (Å²) < 4.78 is 5.60. The summed E-state index contributed by atoms with van der Waals surface area (Å²) in [5.74, 6) is -0.217. The summed E-state index contributed by atoms with van der Waals surface area (Å²) in [7, 11) is 0. The Labute approximate surface area is 109 Å². The largest absolute Gasteiger partial charge is 0.459 e. The fourth-order valence-electron chi connectivity index (χ4n) is 2.72. The Bertz CT molecular complexity index is 414. The lowest BCUT2D eigenvalue weighted by Crippen LogP contribution is -2.53. The van der Waals surface area contributed by atoms with Gasteiger partial charge in [0.05, 0.1) is 5.56 Å². The van der Waals surface area contributed by atoms with E-state index in [1.54, 1.807) is 12.1 Å². The standard InChI is InChI=1S/C15H21NO2/c1-11-9-13(10-15(2,3)16-11)18-14(17)12-7-5-4-6-8-12/h4-8,11,13,16H,9-10H2,1-3H3/t11-,13-/m1/s1. The molecule has 0 radical (unpaired) electrons. The van der Waals surface area contributed by atoms with Gasteiger partial charge in [0.25, 0.3) is 0 Å². The Hall–Kier alpha value is -1.35.